The van der Waals surface area contributed by atoms with E-state index in [4.69, 9.17) is 4.74 Å². The predicted octanol–water partition coefficient (Wildman–Crippen LogP) is -0.00670. The second kappa shape index (κ2) is 4.70. The molecule has 0 aromatic heterocycles. The first-order valence-corrected chi connectivity index (χ1v) is 4.22. The molecule has 1 aliphatic heterocycles. The molecule has 0 radical (unpaired) electrons. The van der Waals surface area contributed by atoms with Gasteiger partial charge in [-0.05, 0) is 25.3 Å². The number of rotatable bonds is 3. The van der Waals surface area contributed by atoms with E-state index in [-0.39, 0.29) is 6.10 Å². The van der Waals surface area contributed by atoms with Gasteiger partial charge in [0, 0.05) is 13.7 Å². The summed E-state index contributed by atoms with van der Waals surface area (Å²) in [6, 6.07) is 0. The lowest BCUT2D eigenvalue weighted by Crippen LogP contribution is -2.38. The molecule has 66 valence electrons. The number of hydrogen-bond acceptors (Lipinski definition) is 3. The lowest BCUT2D eigenvalue weighted by Gasteiger charge is -2.26. The molecule has 0 aromatic rings. The highest BCUT2D eigenvalue weighted by molar-refractivity contribution is 4.75. The summed E-state index contributed by atoms with van der Waals surface area (Å²) in [6.45, 7) is 2.49. The van der Waals surface area contributed by atoms with Crippen LogP contribution in [0.25, 0.3) is 0 Å². The van der Waals surface area contributed by atoms with E-state index < -0.39 is 0 Å². The minimum absolute atomic E-state index is 0.284. The first-order chi connectivity index (χ1) is 5.34. The van der Waals surface area contributed by atoms with Crippen LogP contribution in [0.1, 0.15) is 12.8 Å². The van der Waals surface area contributed by atoms with Crippen LogP contribution in [-0.4, -0.2) is 38.0 Å². The van der Waals surface area contributed by atoms with Crippen LogP contribution >= 0.6 is 0 Å². The molecular weight excluding hydrogens is 142 g/mol. The van der Waals surface area contributed by atoms with E-state index in [9.17, 15) is 5.11 Å². The Bertz CT molecular complexity index is 102. The SMILES string of the molecule is COCC(O)C1CCCNC1. The molecule has 3 nitrogen and oxygen atoms in total. The van der Waals surface area contributed by atoms with E-state index in [0.717, 1.165) is 19.5 Å². The number of methoxy groups -OCH3 is 1. The highest BCUT2D eigenvalue weighted by Crippen LogP contribution is 2.14. The van der Waals surface area contributed by atoms with Crippen LogP contribution in [0.2, 0.25) is 0 Å². The van der Waals surface area contributed by atoms with Crippen LogP contribution < -0.4 is 5.32 Å². The average molecular weight is 159 g/mol. The third-order valence-corrected chi connectivity index (χ3v) is 2.22. The van der Waals surface area contributed by atoms with Crippen LogP contribution in [-0.2, 0) is 4.74 Å². The van der Waals surface area contributed by atoms with Crippen molar-refractivity contribution in [1.82, 2.24) is 5.32 Å². The molecule has 2 unspecified atom stereocenters. The van der Waals surface area contributed by atoms with Crippen molar-refractivity contribution in [3.63, 3.8) is 0 Å². The first-order valence-electron chi connectivity index (χ1n) is 4.22. The number of ether oxygens (including phenoxy) is 1. The summed E-state index contributed by atoms with van der Waals surface area (Å²) in [6.07, 6.45) is 2.01. The average Bonchev–Trinajstić information content (AvgIpc) is 2.07. The summed E-state index contributed by atoms with van der Waals surface area (Å²) in [7, 11) is 1.62. The molecule has 3 heteroatoms. The fourth-order valence-electron chi connectivity index (χ4n) is 1.51. The molecule has 2 atom stereocenters. The molecule has 0 amide bonds. The maximum absolute atomic E-state index is 9.51. The lowest BCUT2D eigenvalue weighted by atomic mass is 9.94. The lowest BCUT2D eigenvalue weighted by molar-refractivity contribution is 0.0178. The van der Waals surface area contributed by atoms with Gasteiger partial charge in [-0.2, -0.15) is 0 Å². The number of nitrogens with one attached hydrogen (secondary N) is 1. The molecule has 11 heavy (non-hydrogen) atoms. The number of aliphatic hydroxyl groups excluding tert-OH is 1. The van der Waals surface area contributed by atoms with Gasteiger partial charge in [-0.1, -0.05) is 0 Å². The minimum Gasteiger partial charge on any atom is -0.390 e. The summed E-state index contributed by atoms with van der Waals surface area (Å²) in [5, 5.41) is 12.8. The zero-order chi connectivity index (χ0) is 8.10. The molecular formula is C8H17NO2. The van der Waals surface area contributed by atoms with Gasteiger partial charge in [0.1, 0.15) is 0 Å². The third kappa shape index (κ3) is 2.77. The molecule has 0 spiro atoms. The quantitative estimate of drug-likeness (QED) is 0.608. The van der Waals surface area contributed by atoms with Gasteiger partial charge in [-0.15, -0.1) is 0 Å². The van der Waals surface area contributed by atoms with E-state index in [2.05, 4.69) is 5.32 Å². The van der Waals surface area contributed by atoms with Gasteiger partial charge in [-0.25, -0.2) is 0 Å². The van der Waals surface area contributed by atoms with Gasteiger partial charge in [0.15, 0.2) is 0 Å². The topological polar surface area (TPSA) is 41.5 Å². The third-order valence-electron chi connectivity index (χ3n) is 2.22. The molecule has 0 aromatic carbocycles. The van der Waals surface area contributed by atoms with Crippen molar-refractivity contribution in [3.05, 3.63) is 0 Å². The molecule has 2 N–H and O–H groups in total. The first kappa shape index (κ1) is 8.97. The van der Waals surface area contributed by atoms with Crippen molar-refractivity contribution in [3.8, 4) is 0 Å². The standard InChI is InChI=1S/C8H17NO2/c1-11-6-8(10)7-3-2-4-9-5-7/h7-10H,2-6H2,1H3. The van der Waals surface area contributed by atoms with E-state index in [1.165, 1.54) is 6.42 Å². The maximum atomic E-state index is 9.51. The van der Waals surface area contributed by atoms with Crippen molar-refractivity contribution in [2.75, 3.05) is 26.8 Å². The van der Waals surface area contributed by atoms with Crippen molar-refractivity contribution < 1.29 is 9.84 Å². The Morgan fingerprint density at radius 2 is 2.55 bits per heavy atom. The van der Waals surface area contributed by atoms with Crippen molar-refractivity contribution in [2.45, 2.75) is 18.9 Å². The highest BCUT2D eigenvalue weighted by atomic mass is 16.5. The molecule has 1 aliphatic rings. The van der Waals surface area contributed by atoms with E-state index in [1.807, 2.05) is 0 Å². The van der Waals surface area contributed by atoms with Gasteiger partial charge in [0.05, 0.1) is 12.7 Å². The Morgan fingerprint density at radius 1 is 1.73 bits per heavy atom. The summed E-state index contributed by atoms with van der Waals surface area (Å²) in [5.74, 6) is 0.392. The zero-order valence-corrected chi connectivity index (χ0v) is 7.05. The second-order valence-corrected chi connectivity index (χ2v) is 3.13. The fourth-order valence-corrected chi connectivity index (χ4v) is 1.51. The van der Waals surface area contributed by atoms with Crippen LogP contribution in [0.4, 0.5) is 0 Å². The van der Waals surface area contributed by atoms with Crippen molar-refractivity contribution >= 4 is 0 Å². The Morgan fingerprint density at radius 3 is 3.09 bits per heavy atom. The number of aliphatic hydroxyl groups is 1. The van der Waals surface area contributed by atoms with Gasteiger partial charge in [-0.3, -0.25) is 0 Å². The molecule has 0 aliphatic carbocycles. The Hall–Kier alpha value is -0.120. The Labute approximate surface area is 67.7 Å². The summed E-state index contributed by atoms with van der Waals surface area (Å²) in [5.41, 5.74) is 0. The predicted molar refractivity (Wildman–Crippen MR) is 43.5 cm³/mol. The minimum atomic E-state index is -0.284. The second-order valence-electron chi connectivity index (χ2n) is 3.13. The summed E-state index contributed by atoms with van der Waals surface area (Å²) < 4.78 is 4.88. The largest absolute Gasteiger partial charge is 0.390 e. The van der Waals surface area contributed by atoms with Crippen molar-refractivity contribution in [1.29, 1.82) is 0 Å². The van der Waals surface area contributed by atoms with E-state index in [1.54, 1.807) is 7.11 Å². The summed E-state index contributed by atoms with van der Waals surface area (Å²) >= 11 is 0. The van der Waals surface area contributed by atoms with Gasteiger partial charge in [0.2, 0.25) is 0 Å². The van der Waals surface area contributed by atoms with Gasteiger partial charge >= 0.3 is 0 Å². The fraction of sp³-hybridized carbons (Fsp3) is 1.00. The monoisotopic (exact) mass is 159 g/mol. The van der Waals surface area contributed by atoms with Gasteiger partial charge < -0.3 is 15.2 Å². The highest BCUT2D eigenvalue weighted by Gasteiger charge is 2.20. The van der Waals surface area contributed by atoms with Crippen LogP contribution in [0, 0.1) is 5.92 Å². The van der Waals surface area contributed by atoms with E-state index >= 15 is 0 Å². The molecule has 1 rings (SSSR count). The summed E-state index contributed by atoms with van der Waals surface area (Å²) in [4.78, 5) is 0. The molecule has 0 bridgehead atoms. The molecule has 1 heterocycles. The maximum Gasteiger partial charge on any atom is 0.0813 e. The zero-order valence-electron chi connectivity index (χ0n) is 7.05. The Kier molecular flexibility index (Phi) is 3.83. The molecule has 1 saturated heterocycles. The van der Waals surface area contributed by atoms with Crippen molar-refractivity contribution in [2.24, 2.45) is 5.92 Å². The van der Waals surface area contributed by atoms with Crippen LogP contribution in [0.5, 0.6) is 0 Å². The van der Waals surface area contributed by atoms with E-state index in [0.29, 0.717) is 12.5 Å². The Balaban J connectivity index is 2.21. The number of piperidine rings is 1. The molecule has 0 saturated carbocycles. The smallest absolute Gasteiger partial charge is 0.0813 e. The van der Waals surface area contributed by atoms with Crippen LogP contribution in [0.3, 0.4) is 0 Å². The number of hydrogen-bond donors (Lipinski definition) is 2. The van der Waals surface area contributed by atoms with Crippen LogP contribution in [0.15, 0.2) is 0 Å². The molecule has 1 fully saturated rings. The van der Waals surface area contributed by atoms with Gasteiger partial charge in [0.25, 0.3) is 0 Å². The normalized spacial score (nSPS) is 28.4.